The number of amides is 1. The van der Waals surface area contributed by atoms with Crippen molar-refractivity contribution in [2.45, 2.75) is 30.7 Å². The van der Waals surface area contributed by atoms with Gasteiger partial charge in [0.2, 0.25) is 15.9 Å². The van der Waals surface area contributed by atoms with Crippen LogP contribution in [-0.2, 0) is 19.6 Å². The number of aryl methyl sites for hydroxylation is 1. The fourth-order valence-electron chi connectivity index (χ4n) is 4.28. The molecule has 0 spiro atoms. The lowest BCUT2D eigenvalue weighted by molar-refractivity contribution is -0.120. The third kappa shape index (κ3) is 7.19. The minimum atomic E-state index is -3.67. The highest BCUT2D eigenvalue weighted by Gasteiger charge is 2.23. The van der Waals surface area contributed by atoms with Gasteiger partial charge in [0.15, 0.2) is 0 Å². The van der Waals surface area contributed by atoms with Gasteiger partial charge in [0, 0.05) is 44.1 Å². The number of piperidine rings is 1. The Kier molecular flexibility index (Phi) is 9.72. The monoisotopic (exact) mass is 518 g/mol. The van der Waals surface area contributed by atoms with Crippen molar-refractivity contribution in [1.82, 2.24) is 9.21 Å². The maximum absolute atomic E-state index is 12.9. The predicted octanol–water partition coefficient (Wildman–Crippen LogP) is 2.81. The number of anilines is 2. The van der Waals surface area contributed by atoms with E-state index in [9.17, 15) is 13.2 Å². The SMILES string of the molecule is COc1ccc(S(=O)(=O)N(C)CCOCC(=O)Nc2ccc(N3CCC(N(C)C)CC3)cc2)c(C)c1. The summed E-state index contributed by atoms with van der Waals surface area (Å²) in [6, 6.07) is 13.3. The average molecular weight is 519 g/mol. The number of hydrogen-bond acceptors (Lipinski definition) is 7. The van der Waals surface area contributed by atoms with Crippen molar-refractivity contribution < 1.29 is 22.7 Å². The van der Waals surface area contributed by atoms with Crippen molar-refractivity contribution >= 4 is 27.3 Å². The molecule has 198 valence electrons. The zero-order chi connectivity index (χ0) is 26.3. The molecule has 0 radical (unpaired) electrons. The summed E-state index contributed by atoms with van der Waals surface area (Å²) in [5.41, 5.74) is 2.45. The molecule has 2 aromatic carbocycles. The van der Waals surface area contributed by atoms with Gasteiger partial charge in [0.25, 0.3) is 0 Å². The highest BCUT2D eigenvalue weighted by atomic mass is 32.2. The van der Waals surface area contributed by atoms with Crippen molar-refractivity contribution in [2.24, 2.45) is 0 Å². The van der Waals surface area contributed by atoms with E-state index in [1.807, 2.05) is 24.3 Å². The van der Waals surface area contributed by atoms with Gasteiger partial charge in [-0.2, -0.15) is 4.31 Å². The van der Waals surface area contributed by atoms with E-state index in [0.29, 0.717) is 23.0 Å². The van der Waals surface area contributed by atoms with Crippen LogP contribution in [0.1, 0.15) is 18.4 Å². The first kappa shape index (κ1) is 27.9. The normalized spacial score (nSPS) is 14.9. The second-order valence-electron chi connectivity index (χ2n) is 9.29. The van der Waals surface area contributed by atoms with Gasteiger partial charge in [-0.1, -0.05) is 0 Å². The van der Waals surface area contributed by atoms with Gasteiger partial charge < -0.3 is 24.6 Å². The lowest BCUT2D eigenvalue weighted by Crippen LogP contribution is -2.41. The molecule has 0 atom stereocenters. The van der Waals surface area contributed by atoms with Crippen LogP contribution in [0, 0.1) is 6.92 Å². The summed E-state index contributed by atoms with van der Waals surface area (Å²) in [4.78, 5) is 17.1. The number of benzene rings is 2. The Labute approximate surface area is 215 Å². The fraction of sp³-hybridized carbons (Fsp3) is 0.500. The summed E-state index contributed by atoms with van der Waals surface area (Å²) in [5, 5.41) is 2.82. The topological polar surface area (TPSA) is 91.4 Å². The van der Waals surface area contributed by atoms with E-state index in [-0.39, 0.29) is 30.6 Å². The molecule has 9 nitrogen and oxygen atoms in total. The molecule has 0 bridgehead atoms. The number of nitrogens with zero attached hydrogens (tertiary/aromatic N) is 3. The van der Waals surface area contributed by atoms with Crippen molar-refractivity contribution in [3.05, 3.63) is 48.0 Å². The van der Waals surface area contributed by atoms with Crippen molar-refractivity contribution in [3.63, 3.8) is 0 Å². The second-order valence-corrected chi connectivity index (χ2v) is 11.3. The van der Waals surface area contributed by atoms with Crippen LogP contribution in [0.3, 0.4) is 0 Å². The summed E-state index contributed by atoms with van der Waals surface area (Å²) in [6.45, 7) is 3.83. The highest BCUT2D eigenvalue weighted by Crippen LogP contribution is 2.24. The molecule has 1 aliphatic rings. The van der Waals surface area contributed by atoms with E-state index in [1.54, 1.807) is 19.1 Å². The van der Waals surface area contributed by atoms with Gasteiger partial charge in [-0.05, 0) is 81.9 Å². The lowest BCUT2D eigenvalue weighted by Gasteiger charge is -2.36. The number of ether oxygens (including phenoxy) is 2. The van der Waals surface area contributed by atoms with Gasteiger partial charge in [-0.25, -0.2) is 8.42 Å². The molecule has 10 heteroatoms. The standard InChI is InChI=1S/C26H38N4O5S/c1-20-18-24(34-5)10-11-25(20)36(32,33)29(4)16-17-35-19-26(31)27-21-6-8-23(9-7-21)30-14-12-22(13-15-30)28(2)3/h6-11,18,22H,12-17,19H2,1-5H3,(H,27,31). The van der Waals surface area contributed by atoms with E-state index in [1.165, 1.54) is 24.5 Å². The molecule has 3 rings (SSSR count). The molecule has 0 saturated carbocycles. The fourth-order valence-corrected chi connectivity index (χ4v) is 5.63. The molecule has 1 N–H and O–H groups in total. The van der Waals surface area contributed by atoms with Crippen LogP contribution in [0.2, 0.25) is 0 Å². The number of hydrogen-bond donors (Lipinski definition) is 1. The first-order valence-electron chi connectivity index (χ1n) is 12.1. The maximum Gasteiger partial charge on any atom is 0.250 e. The third-order valence-corrected chi connectivity index (χ3v) is 8.58. The number of rotatable bonds is 11. The van der Waals surface area contributed by atoms with E-state index >= 15 is 0 Å². The minimum absolute atomic E-state index is 0.0974. The molecule has 1 fully saturated rings. The molecule has 1 saturated heterocycles. The van der Waals surface area contributed by atoms with Crippen LogP contribution >= 0.6 is 0 Å². The summed E-state index contributed by atoms with van der Waals surface area (Å²) in [6.07, 6.45) is 2.28. The number of carbonyl (C=O) groups is 1. The molecule has 2 aromatic rings. The van der Waals surface area contributed by atoms with Crippen LogP contribution < -0.4 is 15.0 Å². The Morgan fingerprint density at radius 1 is 1.08 bits per heavy atom. The largest absolute Gasteiger partial charge is 0.497 e. The molecule has 1 heterocycles. The van der Waals surface area contributed by atoms with Crippen molar-refractivity contribution in [2.75, 3.05) is 71.3 Å². The Morgan fingerprint density at radius 2 is 1.75 bits per heavy atom. The van der Waals surface area contributed by atoms with Crippen LogP contribution in [0.4, 0.5) is 11.4 Å². The quantitative estimate of drug-likeness (QED) is 0.458. The summed E-state index contributed by atoms with van der Waals surface area (Å²) in [7, 11) is 3.61. The molecule has 1 aliphatic heterocycles. The molecule has 0 unspecified atom stereocenters. The number of sulfonamides is 1. The summed E-state index contributed by atoms with van der Waals surface area (Å²) in [5.74, 6) is 0.314. The van der Waals surface area contributed by atoms with Crippen molar-refractivity contribution in [3.8, 4) is 5.75 Å². The van der Waals surface area contributed by atoms with Gasteiger partial charge in [0.05, 0.1) is 18.6 Å². The van der Waals surface area contributed by atoms with Crippen LogP contribution in [0.15, 0.2) is 47.4 Å². The third-order valence-electron chi connectivity index (χ3n) is 6.56. The smallest absolute Gasteiger partial charge is 0.250 e. The van der Waals surface area contributed by atoms with Crippen LogP contribution in [0.5, 0.6) is 5.75 Å². The molecule has 36 heavy (non-hydrogen) atoms. The number of likely N-dealkylation sites (N-methyl/N-ethyl adjacent to an activating group) is 1. The first-order chi connectivity index (χ1) is 17.1. The average Bonchev–Trinajstić information content (AvgIpc) is 2.86. The molecular formula is C26H38N4O5S. The van der Waals surface area contributed by atoms with Gasteiger partial charge >= 0.3 is 0 Å². The zero-order valence-corrected chi connectivity index (χ0v) is 22.7. The summed E-state index contributed by atoms with van der Waals surface area (Å²) < 4.78 is 37.5. The minimum Gasteiger partial charge on any atom is -0.497 e. The first-order valence-corrected chi connectivity index (χ1v) is 13.6. The Morgan fingerprint density at radius 3 is 2.33 bits per heavy atom. The molecule has 1 amide bonds. The van der Waals surface area contributed by atoms with Crippen LogP contribution in [-0.4, -0.2) is 90.7 Å². The lowest BCUT2D eigenvalue weighted by atomic mass is 10.0. The van der Waals surface area contributed by atoms with E-state index in [0.717, 1.165) is 31.6 Å². The Bertz CT molecular complexity index is 1110. The molecule has 0 aliphatic carbocycles. The van der Waals surface area contributed by atoms with Gasteiger partial charge in [0.1, 0.15) is 12.4 Å². The number of nitrogens with one attached hydrogen (secondary N) is 1. The summed E-state index contributed by atoms with van der Waals surface area (Å²) >= 11 is 0. The second kappa shape index (κ2) is 12.5. The molecular weight excluding hydrogens is 480 g/mol. The van der Waals surface area contributed by atoms with Crippen molar-refractivity contribution in [1.29, 1.82) is 0 Å². The maximum atomic E-state index is 12.9. The predicted molar refractivity (Wildman–Crippen MR) is 142 cm³/mol. The van der Waals surface area contributed by atoms with Gasteiger partial charge in [-0.3, -0.25) is 4.79 Å². The highest BCUT2D eigenvalue weighted by molar-refractivity contribution is 7.89. The number of carbonyl (C=O) groups excluding carboxylic acids is 1. The van der Waals surface area contributed by atoms with Crippen LogP contribution in [0.25, 0.3) is 0 Å². The Hall–Kier alpha value is -2.66. The molecule has 0 aromatic heterocycles. The van der Waals surface area contributed by atoms with E-state index in [4.69, 9.17) is 9.47 Å². The van der Waals surface area contributed by atoms with E-state index in [2.05, 4.69) is 29.2 Å². The van der Waals surface area contributed by atoms with E-state index < -0.39 is 10.0 Å². The zero-order valence-electron chi connectivity index (χ0n) is 21.9. The van der Waals surface area contributed by atoms with Gasteiger partial charge in [-0.15, -0.1) is 0 Å². The Balaban J connectivity index is 1.41. The number of methoxy groups -OCH3 is 1.